The first-order chi connectivity index (χ1) is 21.2. The Morgan fingerprint density at radius 1 is 1.00 bits per heavy atom. The van der Waals surface area contributed by atoms with Gasteiger partial charge in [0.1, 0.15) is 5.75 Å². The number of nitro groups is 1. The van der Waals surface area contributed by atoms with Crippen LogP contribution in [0.15, 0.2) is 101 Å². The summed E-state index contributed by atoms with van der Waals surface area (Å²) in [6.45, 7) is 6.69. The molecule has 0 fully saturated rings. The molecule has 6 aromatic rings. The number of non-ortho nitro benzene ring substituents is 1. The molecule has 4 aromatic carbocycles. The highest BCUT2D eigenvalue weighted by Crippen LogP contribution is 2.34. The van der Waals surface area contributed by atoms with Gasteiger partial charge in [-0.15, -0.1) is 0 Å². The third-order valence-corrected chi connectivity index (χ3v) is 7.83. The standard InChI is InChI=1S/C35H31N5O4/c1-22(2)29-18-30(23(3)17-33(29)44-4)34-37-31-11-7-5-10-28(31)35(41)39(34)36-19-25-21-38(32-12-8-6-9-27(25)32)20-24-13-15-26(16-14-24)40(42)43/h5-19,21-22H,20H2,1-4H3. The topological polar surface area (TPSA) is 105 Å². The number of para-hydroxylation sites is 2. The van der Waals surface area contributed by atoms with E-state index in [1.54, 1.807) is 31.5 Å². The molecule has 0 unspecified atom stereocenters. The number of methoxy groups -OCH3 is 1. The van der Waals surface area contributed by atoms with Crippen molar-refractivity contribution in [3.63, 3.8) is 0 Å². The second-order valence-electron chi connectivity index (χ2n) is 11.0. The Hall–Kier alpha value is -5.57. The van der Waals surface area contributed by atoms with Gasteiger partial charge in [-0.1, -0.05) is 56.3 Å². The third kappa shape index (κ3) is 5.24. The highest BCUT2D eigenvalue weighted by atomic mass is 16.6. The van der Waals surface area contributed by atoms with Gasteiger partial charge in [0.2, 0.25) is 0 Å². The minimum absolute atomic E-state index is 0.0526. The van der Waals surface area contributed by atoms with Crippen LogP contribution in [-0.4, -0.2) is 32.5 Å². The van der Waals surface area contributed by atoms with E-state index in [0.717, 1.165) is 44.5 Å². The Morgan fingerprint density at radius 2 is 1.70 bits per heavy atom. The van der Waals surface area contributed by atoms with Gasteiger partial charge >= 0.3 is 0 Å². The van der Waals surface area contributed by atoms with E-state index in [9.17, 15) is 14.9 Å². The molecule has 0 bridgehead atoms. The molecule has 9 heteroatoms. The quantitative estimate of drug-likeness (QED) is 0.106. The van der Waals surface area contributed by atoms with E-state index in [0.29, 0.717) is 23.3 Å². The molecule has 0 amide bonds. The van der Waals surface area contributed by atoms with Crippen molar-refractivity contribution in [2.75, 3.05) is 7.11 Å². The van der Waals surface area contributed by atoms with Crippen LogP contribution in [0.5, 0.6) is 5.75 Å². The van der Waals surface area contributed by atoms with Crippen LogP contribution in [0.3, 0.4) is 0 Å². The first-order valence-electron chi connectivity index (χ1n) is 14.3. The Labute approximate surface area is 253 Å². The Morgan fingerprint density at radius 3 is 2.41 bits per heavy atom. The van der Waals surface area contributed by atoms with E-state index in [1.165, 1.54) is 16.8 Å². The molecule has 0 saturated carbocycles. The van der Waals surface area contributed by atoms with Crippen molar-refractivity contribution in [1.82, 2.24) is 14.2 Å². The van der Waals surface area contributed by atoms with Crippen LogP contribution in [0, 0.1) is 17.0 Å². The van der Waals surface area contributed by atoms with Gasteiger partial charge in [-0.05, 0) is 59.9 Å². The van der Waals surface area contributed by atoms with Gasteiger partial charge in [0.05, 0.1) is 29.2 Å². The molecule has 220 valence electrons. The number of ether oxygens (including phenoxy) is 1. The summed E-state index contributed by atoms with van der Waals surface area (Å²) in [4.78, 5) is 29.5. The van der Waals surface area contributed by atoms with E-state index < -0.39 is 4.92 Å². The summed E-state index contributed by atoms with van der Waals surface area (Å²) >= 11 is 0. The second kappa shape index (κ2) is 11.6. The monoisotopic (exact) mass is 585 g/mol. The molecule has 6 rings (SSSR count). The van der Waals surface area contributed by atoms with Gasteiger partial charge in [0, 0.05) is 46.9 Å². The van der Waals surface area contributed by atoms with Gasteiger partial charge in [-0.25, -0.2) is 4.98 Å². The number of aryl methyl sites for hydroxylation is 1. The number of nitro benzene ring substituents is 1. The fourth-order valence-corrected chi connectivity index (χ4v) is 5.52. The molecule has 0 spiro atoms. The van der Waals surface area contributed by atoms with Crippen molar-refractivity contribution < 1.29 is 9.66 Å². The van der Waals surface area contributed by atoms with Crippen LogP contribution in [0.25, 0.3) is 33.2 Å². The average Bonchev–Trinajstić information content (AvgIpc) is 3.37. The zero-order chi connectivity index (χ0) is 31.0. The molecule has 9 nitrogen and oxygen atoms in total. The SMILES string of the molecule is COc1cc(C)c(-c2nc3ccccc3c(=O)n2N=Cc2cn(Cc3ccc([N+](=O)[O-])cc3)c3ccccc23)cc1C(C)C. The molecular formula is C35H31N5O4. The van der Waals surface area contributed by atoms with Crippen LogP contribution in [0.1, 0.15) is 42.0 Å². The van der Waals surface area contributed by atoms with E-state index in [-0.39, 0.29) is 17.2 Å². The lowest BCUT2D eigenvalue weighted by Gasteiger charge is -2.17. The molecule has 2 heterocycles. The van der Waals surface area contributed by atoms with Crippen molar-refractivity contribution in [3.05, 3.63) is 134 Å². The number of benzene rings is 4. The molecule has 44 heavy (non-hydrogen) atoms. The molecule has 0 N–H and O–H groups in total. The fraction of sp³-hybridized carbons (Fsp3) is 0.171. The first kappa shape index (κ1) is 28.5. The summed E-state index contributed by atoms with van der Waals surface area (Å²) in [6.07, 6.45) is 3.67. The molecule has 0 atom stereocenters. The van der Waals surface area contributed by atoms with Gasteiger partial charge in [0.25, 0.3) is 11.2 Å². The summed E-state index contributed by atoms with van der Waals surface area (Å²) in [5.41, 5.74) is 5.84. The molecular weight excluding hydrogens is 554 g/mol. The molecule has 0 radical (unpaired) electrons. The summed E-state index contributed by atoms with van der Waals surface area (Å²) in [5.74, 6) is 1.43. The molecule has 0 aliphatic carbocycles. The summed E-state index contributed by atoms with van der Waals surface area (Å²) in [5, 5.41) is 17.3. The van der Waals surface area contributed by atoms with E-state index >= 15 is 0 Å². The van der Waals surface area contributed by atoms with Crippen LogP contribution in [-0.2, 0) is 6.54 Å². The van der Waals surface area contributed by atoms with E-state index in [2.05, 4.69) is 18.4 Å². The fourth-order valence-electron chi connectivity index (χ4n) is 5.52. The maximum absolute atomic E-state index is 13.9. The number of nitrogens with zero attached hydrogens (tertiary/aromatic N) is 5. The van der Waals surface area contributed by atoms with Gasteiger partial charge in [-0.3, -0.25) is 14.9 Å². The number of hydrogen-bond acceptors (Lipinski definition) is 6. The molecule has 0 saturated heterocycles. The van der Waals surface area contributed by atoms with E-state index in [1.807, 2.05) is 67.7 Å². The number of fused-ring (bicyclic) bond motifs is 2. The lowest BCUT2D eigenvalue weighted by Crippen LogP contribution is -2.20. The lowest BCUT2D eigenvalue weighted by atomic mass is 9.96. The number of aromatic nitrogens is 3. The maximum Gasteiger partial charge on any atom is 0.282 e. The lowest BCUT2D eigenvalue weighted by molar-refractivity contribution is -0.384. The van der Waals surface area contributed by atoms with Crippen molar-refractivity contribution in [2.24, 2.45) is 5.10 Å². The molecule has 2 aromatic heterocycles. The van der Waals surface area contributed by atoms with Crippen LogP contribution < -0.4 is 10.3 Å². The van der Waals surface area contributed by atoms with Crippen LogP contribution in [0.4, 0.5) is 5.69 Å². The Bertz CT molecular complexity index is 2120. The maximum atomic E-state index is 13.9. The van der Waals surface area contributed by atoms with Crippen LogP contribution in [0.2, 0.25) is 0 Å². The van der Waals surface area contributed by atoms with E-state index in [4.69, 9.17) is 14.8 Å². The smallest absolute Gasteiger partial charge is 0.282 e. The minimum Gasteiger partial charge on any atom is -0.496 e. The van der Waals surface area contributed by atoms with Crippen molar-refractivity contribution in [1.29, 1.82) is 0 Å². The van der Waals surface area contributed by atoms with Gasteiger partial charge in [0.15, 0.2) is 5.82 Å². The van der Waals surface area contributed by atoms with Crippen molar-refractivity contribution in [2.45, 2.75) is 33.2 Å². The second-order valence-corrected chi connectivity index (χ2v) is 11.0. The summed E-state index contributed by atoms with van der Waals surface area (Å²) in [6, 6.07) is 25.8. The zero-order valence-corrected chi connectivity index (χ0v) is 24.9. The number of rotatable bonds is 8. The summed E-state index contributed by atoms with van der Waals surface area (Å²) in [7, 11) is 1.66. The predicted molar refractivity (Wildman–Crippen MR) is 174 cm³/mol. The predicted octanol–water partition coefficient (Wildman–Crippen LogP) is 7.30. The van der Waals surface area contributed by atoms with Gasteiger partial charge in [-0.2, -0.15) is 9.78 Å². The number of hydrogen-bond donors (Lipinski definition) is 0. The van der Waals surface area contributed by atoms with Crippen molar-refractivity contribution >= 4 is 33.7 Å². The van der Waals surface area contributed by atoms with Crippen molar-refractivity contribution in [3.8, 4) is 17.1 Å². The third-order valence-electron chi connectivity index (χ3n) is 7.83. The Balaban J connectivity index is 1.49. The highest BCUT2D eigenvalue weighted by molar-refractivity contribution is 5.99. The summed E-state index contributed by atoms with van der Waals surface area (Å²) < 4.78 is 9.11. The largest absolute Gasteiger partial charge is 0.496 e. The first-order valence-corrected chi connectivity index (χ1v) is 14.3. The normalized spacial score (nSPS) is 11.7. The van der Waals surface area contributed by atoms with Crippen LogP contribution >= 0.6 is 0 Å². The average molecular weight is 586 g/mol. The molecule has 0 aliphatic heterocycles. The zero-order valence-electron chi connectivity index (χ0n) is 24.9. The molecule has 0 aliphatic rings. The minimum atomic E-state index is -0.404. The Kier molecular flexibility index (Phi) is 7.53. The van der Waals surface area contributed by atoms with Gasteiger partial charge < -0.3 is 9.30 Å². The highest BCUT2D eigenvalue weighted by Gasteiger charge is 2.19.